The van der Waals surface area contributed by atoms with Crippen molar-refractivity contribution in [3.05, 3.63) is 57.7 Å². The van der Waals surface area contributed by atoms with Crippen LogP contribution in [0.3, 0.4) is 0 Å². The summed E-state index contributed by atoms with van der Waals surface area (Å²) < 4.78 is 6.34. The highest BCUT2D eigenvalue weighted by Gasteiger charge is 1.98. The Morgan fingerprint density at radius 2 is 1.41 bits per heavy atom. The average Bonchev–Trinajstić information content (AvgIpc) is 2.38. The van der Waals surface area contributed by atoms with Gasteiger partial charge in [0.2, 0.25) is 0 Å². The van der Waals surface area contributed by atoms with Gasteiger partial charge in [-0.3, -0.25) is 0 Å². The van der Waals surface area contributed by atoms with Gasteiger partial charge in [-0.2, -0.15) is 0 Å². The molecule has 0 aromatic heterocycles. The minimum absolute atomic E-state index is 0.781. The molecule has 88 valence electrons. The Morgan fingerprint density at radius 1 is 0.882 bits per heavy atom. The highest BCUT2D eigenvalue weighted by Crippen LogP contribution is 2.21. The van der Waals surface area contributed by atoms with Crippen LogP contribution in [0.25, 0.3) is 11.1 Å². The Balaban J connectivity index is 2.14. The van der Waals surface area contributed by atoms with Gasteiger partial charge in [0.1, 0.15) is 0 Å². The van der Waals surface area contributed by atoms with Crippen LogP contribution in [0.5, 0.6) is 0 Å². The fourth-order valence-electron chi connectivity index (χ4n) is 1.73. The first-order chi connectivity index (χ1) is 8.29. The lowest BCUT2D eigenvalue weighted by Crippen LogP contribution is -1.93. The van der Waals surface area contributed by atoms with Crippen molar-refractivity contribution < 1.29 is 4.74 Å². The van der Waals surface area contributed by atoms with Crippen LogP contribution < -0.4 is 0 Å². The highest BCUT2D eigenvalue weighted by molar-refractivity contribution is 14.1. The van der Waals surface area contributed by atoms with Crippen molar-refractivity contribution in [3.8, 4) is 11.1 Å². The lowest BCUT2D eigenvalue weighted by molar-refractivity contribution is 0.202. The second-order valence-electron chi connectivity index (χ2n) is 3.95. The summed E-state index contributed by atoms with van der Waals surface area (Å²) in [6, 6.07) is 17.3. The van der Waals surface area contributed by atoms with Crippen molar-refractivity contribution in [2.45, 2.75) is 6.42 Å². The van der Waals surface area contributed by atoms with E-state index in [0.29, 0.717) is 0 Å². The molecule has 0 fully saturated rings. The second kappa shape index (κ2) is 6.17. The molecular weight excluding hydrogens is 323 g/mol. The molecule has 2 rings (SSSR count). The molecule has 0 aliphatic heterocycles. The summed E-state index contributed by atoms with van der Waals surface area (Å²) in [5, 5.41) is 0. The van der Waals surface area contributed by atoms with Gasteiger partial charge < -0.3 is 4.74 Å². The van der Waals surface area contributed by atoms with Crippen LogP contribution in [0.15, 0.2) is 48.5 Å². The Hall–Kier alpha value is -0.870. The predicted octanol–water partition coefficient (Wildman–Crippen LogP) is 4.15. The molecule has 0 radical (unpaired) electrons. The molecule has 1 nitrogen and oxygen atoms in total. The SMILES string of the molecule is COCCc1ccc(-c2ccc(I)cc2)cc1. The smallest absolute Gasteiger partial charge is 0.0502 e. The third kappa shape index (κ3) is 3.54. The maximum Gasteiger partial charge on any atom is 0.0502 e. The van der Waals surface area contributed by atoms with E-state index in [1.165, 1.54) is 20.3 Å². The van der Waals surface area contributed by atoms with E-state index < -0.39 is 0 Å². The van der Waals surface area contributed by atoms with Gasteiger partial charge >= 0.3 is 0 Å². The number of methoxy groups -OCH3 is 1. The Bertz CT molecular complexity index is 459. The number of ether oxygens (including phenoxy) is 1. The lowest BCUT2D eigenvalue weighted by atomic mass is 10.0. The largest absolute Gasteiger partial charge is 0.384 e. The molecule has 0 heterocycles. The molecule has 0 bridgehead atoms. The number of rotatable bonds is 4. The molecule has 0 unspecified atom stereocenters. The summed E-state index contributed by atoms with van der Waals surface area (Å²) in [5.74, 6) is 0. The molecule has 0 atom stereocenters. The predicted molar refractivity (Wildman–Crippen MR) is 80.2 cm³/mol. The van der Waals surface area contributed by atoms with Gasteiger partial charge in [0.15, 0.2) is 0 Å². The van der Waals surface area contributed by atoms with Crippen LogP contribution in [-0.2, 0) is 11.2 Å². The summed E-state index contributed by atoms with van der Waals surface area (Å²) in [4.78, 5) is 0. The molecule has 0 aliphatic rings. The Morgan fingerprint density at radius 3 is 1.94 bits per heavy atom. The van der Waals surface area contributed by atoms with Crippen molar-refractivity contribution in [2.24, 2.45) is 0 Å². The van der Waals surface area contributed by atoms with E-state index in [-0.39, 0.29) is 0 Å². The molecular formula is C15H15IO. The van der Waals surface area contributed by atoms with E-state index in [2.05, 4.69) is 71.1 Å². The number of hydrogen-bond donors (Lipinski definition) is 0. The quantitative estimate of drug-likeness (QED) is 0.761. The Kier molecular flexibility index (Phi) is 4.57. The van der Waals surface area contributed by atoms with E-state index in [1.54, 1.807) is 7.11 Å². The van der Waals surface area contributed by atoms with Crippen molar-refractivity contribution >= 4 is 22.6 Å². The van der Waals surface area contributed by atoms with Crippen LogP contribution in [0.4, 0.5) is 0 Å². The fraction of sp³-hybridized carbons (Fsp3) is 0.200. The molecule has 2 aromatic rings. The summed E-state index contributed by atoms with van der Waals surface area (Å²) in [6.07, 6.45) is 0.976. The van der Waals surface area contributed by atoms with E-state index in [9.17, 15) is 0 Å². The number of halogens is 1. The maximum absolute atomic E-state index is 5.07. The minimum atomic E-state index is 0.781. The molecule has 0 spiro atoms. The van der Waals surface area contributed by atoms with Crippen LogP contribution in [0, 0.1) is 3.57 Å². The van der Waals surface area contributed by atoms with Gasteiger partial charge in [-0.05, 0) is 57.8 Å². The van der Waals surface area contributed by atoms with Crippen LogP contribution in [0.2, 0.25) is 0 Å². The standard InChI is InChI=1S/C15H15IO/c1-17-11-10-12-2-4-13(5-3-12)14-6-8-15(16)9-7-14/h2-9H,10-11H2,1H3. The molecule has 0 saturated carbocycles. The molecule has 0 N–H and O–H groups in total. The summed E-state index contributed by atoms with van der Waals surface area (Å²) in [7, 11) is 1.74. The Labute approximate surface area is 116 Å². The van der Waals surface area contributed by atoms with Crippen molar-refractivity contribution in [3.63, 3.8) is 0 Å². The third-order valence-corrected chi connectivity index (χ3v) is 3.45. The first kappa shape index (κ1) is 12.6. The number of hydrogen-bond acceptors (Lipinski definition) is 1. The van der Waals surface area contributed by atoms with Gasteiger partial charge in [-0.15, -0.1) is 0 Å². The van der Waals surface area contributed by atoms with Crippen LogP contribution in [-0.4, -0.2) is 13.7 Å². The average molecular weight is 338 g/mol. The zero-order valence-corrected chi connectivity index (χ0v) is 12.0. The van der Waals surface area contributed by atoms with Gasteiger partial charge in [-0.1, -0.05) is 36.4 Å². The summed E-state index contributed by atoms with van der Waals surface area (Å²) in [6.45, 7) is 0.781. The minimum Gasteiger partial charge on any atom is -0.384 e. The van der Waals surface area contributed by atoms with E-state index in [1.807, 2.05) is 0 Å². The van der Waals surface area contributed by atoms with Gasteiger partial charge in [0.25, 0.3) is 0 Å². The lowest BCUT2D eigenvalue weighted by Gasteiger charge is -2.04. The zero-order chi connectivity index (χ0) is 12.1. The first-order valence-corrected chi connectivity index (χ1v) is 6.71. The maximum atomic E-state index is 5.07. The third-order valence-electron chi connectivity index (χ3n) is 2.73. The molecule has 2 aromatic carbocycles. The first-order valence-electron chi connectivity index (χ1n) is 5.63. The van der Waals surface area contributed by atoms with Crippen LogP contribution in [0.1, 0.15) is 5.56 Å². The van der Waals surface area contributed by atoms with Crippen molar-refractivity contribution in [1.82, 2.24) is 0 Å². The van der Waals surface area contributed by atoms with Gasteiger partial charge in [-0.25, -0.2) is 0 Å². The van der Waals surface area contributed by atoms with Crippen molar-refractivity contribution in [1.29, 1.82) is 0 Å². The molecule has 2 heteroatoms. The van der Waals surface area contributed by atoms with Crippen molar-refractivity contribution in [2.75, 3.05) is 13.7 Å². The number of benzene rings is 2. The molecule has 0 aliphatic carbocycles. The molecule has 0 amide bonds. The summed E-state index contributed by atoms with van der Waals surface area (Å²) >= 11 is 2.32. The van der Waals surface area contributed by atoms with E-state index in [0.717, 1.165) is 13.0 Å². The second-order valence-corrected chi connectivity index (χ2v) is 5.19. The fourth-order valence-corrected chi connectivity index (χ4v) is 2.09. The molecule has 0 saturated heterocycles. The highest BCUT2D eigenvalue weighted by atomic mass is 127. The molecule has 17 heavy (non-hydrogen) atoms. The van der Waals surface area contributed by atoms with Gasteiger partial charge in [0, 0.05) is 10.7 Å². The van der Waals surface area contributed by atoms with E-state index >= 15 is 0 Å². The normalized spacial score (nSPS) is 10.5. The monoisotopic (exact) mass is 338 g/mol. The zero-order valence-electron chi connectivity index (χ0n) is 9.82. The topological polar surface area (TPSA) is 9.23 Å². The van der Waals surface area contributed by atoms with E-state index in [4.69, 9.17) is 4.74 Å². The summed E-state index contributed by atoms with van der Waals surface area (Å²) in [5.41, 5.74) is 3.85. The van der Waals surface area contributed by atoms with Crippen LogP contribution >= 0.6 is 22.6 Å². The van der Waals surface area contributed by atoms with Gasteiger partial charge in [0.05, 0.1) is 6.61 Å².